The number of anilines is 1. The summed E-state index contributed by atoms with van der Waals surface area (Å²) in [4.78, 5) is 11.9. The fourth-order valence-corrected chi connectivity index (χ4v) is 2.23. The molecule has 0 aliphatic rings. The molecule has 2 rings (SSSR count). The van der Waals surface area contributed by atoms with E-state index in [-0.39, 0.29) is 18.5 Å². The number of halogens is 1. The van der Waals surface area contributed by atoms with Crippen molar-refractivity contribution >= 4 is 23.2 Å². The second kappa shape index (κ2) is 6.96. The first-order chi connectivity index (χ1) is 9.66. The van der Waals surface area contributed by atoms with Gasteiger partial charge in [0.05, 0.1) is 12.6 Å². The summed E-state index contributed by atoms with van der Waals surface area (Å²) in [5, 5.41) is 6.66. The van der Waals surface area contributed by atoms with E-state index < -0.39 is 0 Å². The quantitative estimate of drug-likeness (QED) is 0.882. The Morgan fingerprint density at radius 1 is 1.10 bits per heavy atom. The van der Waals surface area contributed by atoms with E-state index in [9.17, 15) is 4.79 Å². The lowest BCUT2D eigenvalue weighted by Crippen LogP contribution is -2.32. The second-order valence-corrected chi connectivity index (χ2v) is 4.94. The molecule has 0 saturated carbocycles. The van der Waals surface area contributed by atoms with E-state index in [2.05, 4.69) is 10.6 Å². The zero-order valence-electron chi connectivity index (χ0n) is 11.3. The maximum absolute atomic E-state index is 11.9. The maximum Gasteiger partial charge on any atom is 0.239 e. The molecule has 0 bridgehead atoms. The number of hydrogen-bond donors (Lipinski definition) is 2. The van der Waals surface area contributed by atoms with Gasteiger partial charge in [0.25, 0.3) is 0 Å². The topological polar surface area (TPSA) is 41.1 Å². The second-order valence-electron chi connectivity index (χ2n) is 4.53. The lowest BCUT2D eigenvalue weighted by atomic mass is 10.1. The minimum atomic E-state index is -0.117. The number of benzene rings is 2. The van der Waals surface area contributed by atoms with Crippen molar-refractivity contribution in [1.29, 1.82) is 0 Å². The van der Waals surface area contributed by atoms with Crippen molar-refractivity contribution in [2.75, 3.05) is 11.9 Å². The lowest BCUT2D eigenvalue weighted by molar-refractivity contribution is -0.120. The molecular formula is C16H17ClN2O. The largest absolute Gasteiger partial charge is 0.376 e. The highest BCUT2D eigenvalue weighted by Crippen LogP contribution is 2.21. The summed E-state index contributed by atoms with van der Waals surface area (Å²) in [6.45, 7) is 2.15. The molecule has 0 unspecified atom stereocenters. The number of hydrogen-bond acceptors (Lipinski definition) is 2. The Bertz CT molecular complexity index is 572. The van der Waals surface area contributed by atoms with Gasteiger partial charge in [-0.1, -0.05) is 48.0 Å². The highest BCUT2D eigenvalue weighted by molar-refractivity contribution is 6.31. The van der Waals surface area contributed by atoms with Crippen LogP contribution in [0.3, 0.4) is 0 Å². The van der Waals surface area contributed by atoms with Gasteiger partial charge in [0.15, 0.2) is 0 Å². The fourth-order valence-electron chi connectivity index (χ4n) is 1.93. The van der Waals surface area contributed by atoms with E-state index in [1.807, 2.05) is 61.5 Å². The molecule has 0 saturated heterocycles. The summed E-state index contributed by atoms with van der Waals surface area (Å²) in [5.74, 6) is -0.0683. The Kier molecular flexibility index (Phi) is 5.02. The molecule has 104 valence electrons. The number of carbonyl (C=O) groups excluding carboxylic acids is 1. The number of para-hydroxylation sites is 1. The van der Waals surface area contributed by atoms with Crippen LogP contribution in [0.4, 0.5) is 5.69 Å². The Morgan fingerprint density at radius 2 is 1.75 bits per heavy atom. The Labute approximate surface area is 124 Å². The van der Waals surface area contributed by atoms with E-state index in [1.165, 1.54) is 0 Å². The fraction of sp³-hybridized carbons (Fsp3) is 0.188. The molecule has 20 heavy (non-hydrogen) atoms. The molecule has 0 heterocycles. The zero-order valence-corrected chi connectivity index (χ0v) is 12.0. The average molecular weight is 289 g/mol. The van der Waals surface area contributed by atoms with Crippen LogP contribution >= 0.6 is 11.6 Å². The molecule has 2 aromatic carbocycles. The van der Waals surface area contributed by atoms with E-state index >= 15 is 0 Å². The van der Waals surface area contributed by atoms with Crippen LogP contribution in [0, 0.1) is 0 Å². The van der Waals surface area contributed by atoms with Crippen molar-refractivity contribution in [3.05, 3.63) is 65.2 Å². The molecular weight excluding hydrogens is 272 g/mol. The predicted molar refractivity (Wildman–Crippen MR) is 82.9 cm³/mol. The smallest absolute Gasteiger partial charge is 0.239 e. The van der Waals surface area contributed by atoms with Gasteiger partial charge in [-0.15, -0.1) is 0 Å². The minimum absolute atomic E-state index is 0.0683. The molecule has 0 fully saturated rings. The molecule has 2 aromatic rings. The first-order valence-electron chi connectivity index (χ1n) is 6.49. The van der Waals surface area contributed by atoms with Crippen molar-refractivity contribution in [1.82, 2.24) is 5.32 Å². The van der Waals surface area contributed by atoms with Crippen molar-refractivity contribution in [2.45, 2.75) is 13.0 Å². The van der Waals surface area contributed by atoms with Crippen molar-refractivity contribution in [3.63, 3.8) is 0 Å². The third-order valence-corrected chi connectivity index (χ3v) is 3.32. The zero-order chi connectivity index (χ0) is 14.4. The molecule has 0 aliphatic carbocycles. The normalized spacial score (nSPS) is 11.7. The summed E-state index contributed by atoms with van der Waals surface area (Å²) in [6.07, 6.45) is 0. The summed E-state index contributed by atoms with van der Waals surface area (Å²) in [5.41, 5.74) is 1.84. The van der Waals surface area contributed by atoms with Crippen molar-refractivity contribution in [3.8, 4) is 0 Å². The predicted octanol–water partition coefficient (Wildman–Crippen LogP) is 3.63. The van der Waals surface area contributed by atoms with E-state index in [4.69, 9.17) is 11.6 Å². The number of amides is 1. The van der Waals surface area contributed by atoms with Gasteiger partial charge in [-0.2, -0.15) is 0 Å². The minimum Gasteiger partial charge on any atom is -0.376 e. The number of rotatable bonds is 5. The summed E-state index contributed by atoms with van der Waals surface area (Å²) >= 11 is 6.11. The number of nitrogens with one attached hydrogen (secondary N) is 2. The summed E-state index contributed by atoms with van der Waals surface area (Å²) in [6, 6.07) is 17.0. The lowest BCUT2D eigenvalue weighted by Gasteiger charge is -2.16. The van der Waals surface area contributed by atoms with Crippen LogP contribution in [0.1, 0.15) is 18.5 Å². The summed E-state index contributed by atoms with van der Waals surface area (Å²) < 4.78 is 0. The molecule has 4 heteroatoms. The molecule has 1 amide bonds. The van der Waals surface area contributed by atoms with Crippen LogP contribution in [-0.2, 0) is 4.79 Å². The Balaban J connectivity index is 1.87. The van der Waals surface area contributed by atoms with Crippen LogP contribution in [-0.4, -0.2) is 12.5 Å². The third kappa shape index (κ3) is 4.00. The molecule has 0 spiro atoms. The van der Waals surface area contributed by atoms with Gasteiger partial charge < -0.3 is 10.6 Å². The van der Waals surface area contributed by atoms with Gasteiger partial charge in [0.2, 0.25) is 5.91 Å². The van der Waals surface area contributed by atoms with Crippen molar-refractivity contribution in [2.24, 2.45) is 0 Å². The molecule has 2 N–H and O–H groups in total. The monoisotopic (exact) mass is 288 g/mol. The average Bonchev–Trinajstić information content (AvgIpc) is 2.46. The highest BCUT2D eigenvalue weighted by atomic mass is 35.5. The van der Waals surface area contributed by atoms with Crippen LogP contribution < -0.4 is 10.6 Å². The first kappa shape index (κ1) is 14.4. The maximum atomic E-state index is 11.9. The number of carbonyl (C=O) groups is 1. The van der Waals surface area contributed by atoms with Crippen LogP contribution in [0.2, 0.25) is 5.02 Å². The first-order valence-corrected chi connectivity index (χ1v) is 6.87. The van der Waals surface area contributed by atoms with E-state index in [0.717, 1.165) is 11.3 Å². The van der Waals surface area contributed by atoms with Gasteiger partial charge in [0, 0.05) is 10.7 Å². The molecule has 0 radical (unpaired) electrons. The van der Waals surface area contributed by atoms with Gasteiger partial charge in [0.1, 0.15) is 0 Å². The third-order valence-electron chi connectivity index (χ3n) is 2.98. The SMILES string of the molecule is C[C@H](NC(=O)CNc1ccccc1)c1ccccc1Cl. The standard InChI is InChI=1S/C16H17ClN2O/c1-12(14-9-5-6-10-15(14)17)19-16(20)11-18-13-7-3-2-4-8-13/h2-10,12,18H,11H2,1H3,(H,19,20)/t12-/m0/s1. The van der Waals surface area contributed by atoms with Crippen molar-refractivity contribution < 1.29 is 4.79 Å². The van der Waals surface area contributed by atoms with Gasteiger partial charge in [-0.25, -0.2) is 0 Å². The molecule has 0 aliphatic heterocycles. The van der Waals surface area contributed by atoms with Gasteiger partial charge in [-0.3, -0.25) is 4.79 Å². The molecule has 3 nitrogen and oxygen atoms in total. The summed E-state index contributed by atoms with van der Waals surface area (Å²) in [7, 11) is 0. The van der Waals surface area contributed by atoms with Crippen LogP contribution in [0.25, 0.3) is 0 Å². The van der Waals surface area contributed by atoms with Gasteiger partial charge in [-0.05, 0) is 30.7 Å². The highest BCUT2D eigenvalue weighted by Gasteiger charge is 2.11. The van der Waals surface area contributed by atoms with E-state index in [1.54, 1.807) is 0 Å². The Morgan fingerprint density at radius 3 is 2.45 bits per heavy atom. The van der Waals surface area contributed by atoms with Crippen LogP contribution in [0.15, 0.2) is 54.6 Å². The van der Waals surface area contributed by atoms with Crippen LogP contribution in [0.5, 0.6) is 0 Å². The van der Waals surface area contributed by atoms with E-state index in [0.29, 0.717) is 5.02 Å². The van der Waals surface area contributed by atoms with Gasteiger partial charge >= 0.3 is 0 Å². The molecule has 0 aromatic heterocycles. The Hall–Kier alpha value is -2.00. The molecule has 1 atom stereocenters.